The molecule has 7 rings (SSSR count). The van der Waals surface area contributed by atoms with Gasteiger partial charge in [-0.15, -0.1) is 5.10 Å². The van der Waals surface area contributed by atoms with E-state index in [4.69, 9.17) is 10.3 Å². The smallest absolute Gasteiger partial charge is 0.217 e. The highest BCUT2D eigenvalue weighted by Crippen LogP contribution is 2.58. The van der Waals surface area contributed by atoms with E-state index in [1.165, 1.54) is 57.6 Å². The third-order valence-electron chi connectivity index (χ3n) is 10.1. The number of amides is 1. The lowest BCUT2D eigenvalue weighted by molar-refractivity contribution is -0.120. The molecule has 1 aromatic heterocycles. The average Bonchev–Trinajstić information content (AvgIpc) is 3.38. The largest absolute Gasteiger partial charge is 0.390 e. The van der Waals surface area contributed by atoms with Crippen LogP contribution in [0.5, 0.6) is 0 Å². The molecule has 1 heterocycles. The maximum Gasteiger partial charge on any atom is 0.217 e. The summed E-state index contributed by atoms with van der Waals surface area (Å²) in [5, 5.41) is 27.1. The van der Waals surface area contributed by atoms with E-state index in [1.807, 2.05) is 0 Å². The number of carbonyl (C=O) groups is 1. The van der Waals surface area contributed by atoms with Crippen molar-refractivity contribution in [1.29, 1.82) is 0 Å². The van der Waals surface area contributed by atoms with Gasteiger partial charge in [-0.05, 0) is 93.2 Å². The molecule has 5 fully saturated rings. The predicted octanol–water partition coefficient (Wildman–Crippen LogP) is 4.34. The molecule has 5 aliphatic carbocycles. The van der Waals surface area contributed by atoms with E-state index >= 15 is 0 Å². The molecular weight excluding hydrogens is 500 g/mol. The summed E-state index contributed by atoms with van der Waals surface area (Å²) in [6.45, 7) is 1.59. The van der Waals surface area contributed by atoms with Crippen molar-refractivity contribution >= 4 is 5.91 Å². The van der Waals surface area contributed by atoms with Crippen LogP contribution in [-0.4, -0.2) is 44.7 Å². The summed E-state index contributed by atoms with van der Waals surface area (Å²) in [5.74, 6) is 0.793. The van der Waals surface area contributed by atoms with Crippen LogP contribution in [0.2, 0.25) is 0 Å². The summed E-state index contributed by atoms with van der Waals surface area (Å²) in [6.07, 6.45) is 14.2. The van der Waals surface area contributed by atoms with E-state index in [0.717, 1.165) is 61.6 Å². The first-order chi connectivity index (χ1) is 18.7. The number of aromatic nitrogens is 3. The van der Waals surface area contributed by atoms with Gasteiger partial charge in [-0.25, -0.2) is 13.5 Å². The number of hydrogen-bond donors (Lipinski definition) is 3. The second-order valence-electron chi connectivity index (χ2n) is 13.1. The Balaban J connectivity index is 1.19. The summed E-state index contributed by atoms with van der Waals surface area (Å²) in [4.78, 5) is 11.9. The maximum atomic E-state index is 13.8. The van der Waals surface area contributed by atoms with Crippen LogP contribution in [0.1, 0.15) is 88.8 Å². The lowest BCUT2D eigenvalue weighted by Crippen LogP contribution is -2.53. The van der Waals surface area contributed by atoms with Gasteiger partial charge in [-0.1, -0.05) is 24.5 Å². The third-order valence-corrected chi connectivity index (χ3v) is 10.1. The molecule has 2 aromatic rings. The van der Waals surface area contributed by atoms with Crippen LogP contribution in [0.25, 0.3) is 0 Å². The molecule has 0 saturated heterocycles. The quantitative estimate of drug-likeness (QED) is 0.439. The Morgan fingerprint density at radius 1 is 1.05 bits per heavy atom. The van der Waals surface area contributed by atoms with Crippen LogP contribution in [0.15, 0.2) is 24.4 Å². The molecule has 39 heavy (non-hydrogen) atoms. The fourth-order valence-corrected chi connectivity index (χ4v) is 8.71. The summed E-state index contributed by atoms with van der Waals surface area (Å²) >= 11 is 0. The number of rotatable bonds is 9. The Hall–Kier alpha value is -2.39. The number of hydrogen-bond acceptors (Lipinski definition) is 5. The summed E-state index contributed by atoms with van der Waals surface area (Å²) in [6, 6.07) is 2.60. The summed E-state index contributed by atoms with van der Waals surface area (Å²) in [5.41, 5.74) is 1.03. The molecule has 4 bridgehead atoms. The van der Waals surface area contributed by atoms with Crippen LogP contribution < -0.4 is 10.6 Å². The van der Waals surface area contributed by atoms with Crippen molar-refractivity contribution < 1.29 is 18.7 Å². The van der Waals surface area contributed by atoms with E-state index in [2.05, 4.69) is 21.5 Å². The number of halogens is 2. The normalized spacial score (nSPS) is 30.7. The highest BCUT2D eigenvalue weighted by atomic mass is 19.1. The Morgan fingerprint density at radius 2 is 1.67 bits per heavy atom. The standard InChI is InChI=1S/C30H41F2N5O2/c1-19(38)34-26(12-20-10-24(31)13-25(32)11-20)27(39)17-33-30(5-3-2-4-6-30)28-18-37(36-35-28)29-14-21-7-22(15-29)9-23(8-21)16-29/h10-11,13,18,21-23,26-27,33,39H,2-9,12,14-17H2,1H3,(H,34,38)/t21?,22?,23?,26-,27+,29?/m0/s1. The van der Waals surface area contributed by atoms with Crippen molar-refractivity contribution in [2.45, 2.75) is 107 Å². The van der Waals surface area contributed by atoms with Gasteiger partial charge in [0.25, 0.3) is 0 Å². The molecule has 0 radical (unpaired) electrons. The number of nitrogens with one attached hydrogen (secondary N) is 2. The minimum absolute atomic E-state index is 0.103. The summed E-state index contributed by atoms with van der Waals surface area (Å²) in [7, 11) is 0. The molecule has 0 spiro atoms. The van der Waals surface area contributed by atoms with E-state index in [0.29, 0.717) is 5.56 Å². The lowest BCUT2D eigenvalue weighted by Gasteiger charge is -2.56. The Labute approximate surface area is 229 Å². The molecular formula is C30H41F2N5O2. The average molecular weight is 542 g/mol. The fraction of sp³-hybridized carbons (Fsp3) is 0.700. The molecule has 3 N–H and O–H groups in total. The van der Waals surface area contributed by atoms with Gasteiger partial charge in [0.1, 0.15) is 17.3 Å². The minimum Gasteiger partial charge on any atom is -0.390 e. The molecule has 5 aliphatic rings. The van der Waals surface area contributed by atoms with Gasteiger partial charge < -0.3 is 15.7 Å². The van der Waals surface area contributed by atoms with Gasteiger partial charge in [0.05, 0.1) is 29.4 Å². The molecule has 212 valence electrons. The van der Waals surface area contributed by atoms with Gasteiger partial charge in [0, 0.05) is 19.5 Å². The molecule has 1 aromatic carbocycles. The van der Waals surface area contributed by atoms with E-state index in [-0.39, 0.29) is 24.4 Å². The Kier molecular flexibility index (Phi) is 7.25. The minimum atomic E-state index is -0.961. The SMILES string of the molecule is CC(=O)N[C@@H](Cc1cc(F)cc(F)c1)[C@H](O)CNC1(c2cn(C34CC5CC(CC(C5)C3)C4)nn2)CCCCC1. The molecule has 1 amide bonds. The van der Waals surface area contributed by atoms with E-state index < -0.39 is 29.3 Å². The number of carbonyl (C=O) groups excluding carboxylic acids is 1. The number of benzene rings is 1. The predicted molar refractivity (Wildman–Crippen MR) is 143 cm³/mol. The van der Waals surface area contributed by atoms with Crippen molar-refractivity contribution in [2.75, 3.05) is 6.54 Å². The third kappa shape index (κ3) is 5.49. The molecule has 0 unspecified atom stereocenters. The lowest BCUT2D eigenvalue weighted by atomic mass is 9.53. The van der Waals surface area contributed by atoms with E-state index in [9.17, 15) is 18.7 Å². The van der Waals surface area contributed by atoms with Gasteiger partial charge in [-0.2, -0.15) is 0 Å². The Morgan fingerprint density at radius 3 is 2.26 bits per heavy atom. The zero-order valence-corrected chi connectivity index (χ0v) is 22.8. The Bertz CT molecular complexity index is 1140. The van der Waals surface area contributed by atoms with Crippen molar-refractivity contribution in [2.24, 2.45) is 17.8 Å². The first-order valence-corrected chi connectivity index (χ1v) is 14.8. The van der Waals surface area contributed by atoms with Gasteiger partial charge in [0.2, 0.25) is 5.91 Å². The molecule has 2 atom stereocenters. The molecule has 9 heteroatoms. The zero-order chi connectivity index (χ0) is 27.2. The van der Waals surface area contributed by atoms with Gasteiger partial charge >= 0.3 is 0 Å². The molecule has 5 saturated carbocycles. The van der Waals surface area contributed by atoms with E-state index in [1.54, 1.807) is 0 Å². The second kappa shape index (κ2) is 10.5. The fourth-order valence-electron chi connectivity index (χ4n) is 8.71. The number of nitrogens with zero attached hydrogens (tertiary/aromatic N) is 3. The van der Waals surface area contributed by atoms with Crippen LogP contribution in [0, 0.1) is 29.4 Å². The van der Waals surface area contributed by atoms with Crippen LogP contribution >= 0.6 is 0 Å². The number of aliphatic hydroxyl groups excluding tert-OH is 1. The van der Waals surface area contributed by atoms with Crippen LogP contribution in [0.4, 0.5) is 8.78 Å². The van der Waals surface area contributed by atoms with Crippen LogP contribution in [0.3, 0.4) is 0 Å². The topological polar surface area (TPSA) is 92.1 Å². The van der Waals surface area contributed by atoms with Crippen LogP contribution in [-0.2, 0) is 22.3 Å². The summed E-state index contributed by atoms with van der Waals surface area (Å²) < 4.78 is 29.8. The highest BCUT2D eigenvalue weighted by molar-refractivity contribution is 5.73. The maximum absolute atomic E-state index is 13.8. The van der Waals surface area contributed by atoms with Crippen molar-refractivity contribution in [3.63, 3.8) is 0 Å². The highest BCUT2D eigenvalue weighted by Gasteiger charge is 2.53. The van der Waals surface area contributed by atoms with Gasteiger partial charge in [0.15, 0.2) is 0 Å². The second-order valence-corrected chi connectivity index (χ2v) is 13.1. The molecule has 7 nitrogen and oxygen atoms in total. The zero-order valence-electron chi connectivity index (χ0n) is 22.8. The molecule has 0 aliphatic heterocycles. The van der Waals surface area contributed by atoms with Crippen molar-refractivity contribution in [3.05, 3.63) is 47.3 Å². The first kappa shape index (κ1) is 26.8. The van der Waals surface area contributed by atoms with Gasteiger partial charge in [-0.3, -0.25) is 4.79 Å². The van der Waals surface area contributed by atoms with Crippen molar-refractivity contribution in [3.8, 4) is 0 Å². The van der Waals surface area contributed by atoms with Crippen molar-refractivity contribution in [1.82, 2.24) is 25.6 Å². The monoisotopic (exact) mass is 541 g/mol. The first-order valence-electron chi connectivity index (χ1n) is 14.8. The number of aliphatic hydroxyl groups is 1.